The predicted molar refractivity (Wildman–Crippen MR) is 574 cm³/mol. The van der Waals surface area contributed by atoms with Crippen LogP contribution < -0.4 is 27.8 Å². The number of nitrogens with one attached hydrogen (secondary N) is 6. The molecule has 0 saturated carbocycles. The van der Waals surface area contributed by atoms with Crippen LogP contribution in [0.1, 0.15) is 157 Å². The molecule has 24 rings (SSSR count). The molecule has 33 nitrogen and oxygen atoms in total. The normalized spacial score (nSPS) is 14.4. The van der Waals surface area contributed by atoms with Gasteiger partial charge in [0.1, 0.15) is 44.5 Å². The number of alkyl halides is 2. The highest BCUT2D eigenvalue weighted by Crippen LogP contribution is 2.40. The van der Waals surface area contributed by atoms with Crippen LogP contribution in [0, 0.1) is 0 Å². The third-order valence-electron chi connectivity index (χ3n) is 26.0. The van der Waals surface area contributed by atoms with Crippen LogP contribution in [0.5, 0.6) is 5.75 Å². The molecule has 18 heterocycles. The lowest BCUT2D eigenvalue weighted by atomic mass is 9.95. The zero-order valence-corrected chi connectivity index (χ0v) is 88.8. The van der Waals surface area contributed by atoms with E-state index in [2.05, 4.69) is 173 Å². The maximum absolute atomic E-state index is 13.0. The number of rotatable bonds is 10. The molecular weight excluding hydrogens is 2040 g/mol. The number of carbonyl (C=O) groups excluding carboxylic acids is 5. The van der Waals surface area contributed by atoms with E-state index < -0.39 is 32.8 Å². The number of aromatic amines is 5. The molecule has 8 N–H and O–H groups in total. The molecule has 768 valence electrons. The molecule has 0 spiro atoms. The van der Waals surface area contributed by atoms with Gasteiger partial charge in [-0.15, -0.1) is 23.2 Å². The molecule has 4 amide bonds. The highest BCUT2D eigenvalue weighted by molar-refractivity contribution is 9.10. The van der Waals surface area contributed by atoms with Gasteiger partial charge in [0.15, 0.2) is 33.9 Å². The second-order valence-corrected chi connectivity index (χ2v) is 41.6. The van der Waals surface area contributed by atoms with Crippen molar-refractivity contribution in [3.63, 3.8) is 0 Å². The van der Waals surface area contributed by atoms with E-state index in [1.807, 2.05) is 212 Å². The summed E-state index contributed by atoms with van der Waals surface area (Å²) in [5.74, 6) is 0.799. The summed E-state index contributed by atoms with van der Waals surface area (Å²) in [5.41, 5.74) is 26.9. The second-order valence-electron chi connectivity index (χ2n) is 39.6. The molecule has 6 aliphatic heterocycles. The number of amides is 4. The Bertz CT molecular complexity index is 7790. The Kier molecular flexibility index (Phi) is 33.2. The van der Waals surface area contributed by atoms with Crippen LogP contribution in [0.3, 0.4) is 0 Å². The van der Waals surface area contributed by atoms with Gasteiger partial charge in [0.05, 0.1) is 90.9 Å². The predicted octanol–water partition coefficient (Wildman–Crippen LogP) is 16.8. The van der Waals surface area contributed by atoms with E-state index >= 15 is 0 Å². The summed E-state index contributed by atoms with van der Waals surface area (Å²) in [4.78, 5) is 94.0. The zero-order chi connectivity index (χ0) is 103. The van der Waals surface area contributed by atoms with Gasteiger partial charge in [0.2, 0.25) is 11.1 Å². The Labute approximate surface area is 890 Å². The number of H-pyrrole nitrogens is 5. The van der Waals surface area contributed by atoms with Crippen LogP contribution in [0.15, 0.2) is 230 Å². The van der Waals surface area contributed by atoms with Crippen molar-refractivity contribution in [2.75, 3.05) is 46.4 Å². The average molecular weight is 2150 g/mol. The van der Waals surface area contributed by atoms with E-state index in [1.54, 1.807) is 46.3 Å². The van der Waals surface area contributed by atoms with E-state index in [1.165, 1.54) is 66.4 Å². The van der Waals surface area contributed by atoms with E-state index in [9.17, 15) is 24.0 Å². The minimum atomic E-state index is -0.724. The van der Waals surface area contributed by atoms with Gasteiger partial charge in [-0.3, -0.25) is 35.1 Å². The molecule has 6 aromatic carbocycles. The number of hydrogen-bond donors (Lipinski definition) is 7. The maximum atomic E-state index is 13.0. The second kappa shape index (κ2) is 46.8. The molecular formula is C111H115BrCl4N24O9. The number of halogens is 5. The van der Waals surface area contributed by atoms with Crippen LogP contribution in [-0.4, -0.2) is 203 Å². The van der Waals surface area contributed by atoms with E-state index in [4.69, 9.17) is 53.8 Å². The first-order valence-corrected chi connectivity index (χ1v) is 51.3. The lowest BCUT2D eigenvalue weighted by Crippen LogP contribution is -3.00. The largest absolute Gasteiger partial charge is 1.00 e. The molecule has 149 heavy (non-hydrogen) atoms. The molecule has 0 radical (unpaired) electrons. The van der Waals surface area contributed by atoms with E-state index in [-0.39, 0.29) is 36.6 Å². The Morgan fingerprint density at radius 2 is 0.819 bits per heavy atom. The first kappa shape index (κ1) is 106. The number of aromatic nitrogens is 18. The quantitative estimate of drug-likeness (QED) is 0.0380. The van der Waals surface area contributed by atoms with Crippen molar-refractivity contribution in [3.8, 4) is 39.5 Å². The number of ether oxygens (including phenoxy) is 4. The summed E-state index contributed by atoms with van der Waals surface area (Å²) in [6, 6.07) is 57.2. The molecule has 38 heteroatoms. The van der Waals surface area contributed by atoms with E-state index in [0.717, 1.165) is 182 Å². The molecule has 0 saturated heterocycles. The van der Waals surface area contributed by atoms with Crippen LogP contribution in [-0.2, 0) is 108 Å². The highest BCUT2D eigenvalue weighted by Gasteiger charge is 2.35. The SMILES string of the molecule is CC(C)(C)OC(=O)N1CCc2c(cnc3[nH]ncc23)C1.CC(C)(C)OC(=O)N1CCc2c(cnc3n[nH]c(-c4ccccc4)c23)C1.CC(C)(C)OC(=O)N1CCc2c(cnc3n[nH]c(Br)c23)C1.COc1ccc(Cn2ncc3c4c(cnc32)CNCC4)cc1.O=C(C(Cl)c1ccccc1)N1CCc2c(cnc3n[nH]c(-c4ccccc4)c23)C1.O=C(Cl)C(Cl)c1ccccc1.[Cl-].c1ccc(-c2[nH]nc3ncc4c(c23)CC[NH2+]C4)cc1. The maximum Gasteiger partial charge on any atom is 0.410 e. The molecule has 6 aliphatic rings. The molecule has 0 aliphatic carbocycles. The summed E-state index contributed by atoms with van der Waals surface area (Å²) < 4.78 is 24.4. The smallest absolute Gasteiger partial charge is 0.410 e. The number of carbonyl (C=O) groups is 5. The summed E-state index contributed by atoms with van der Waals surface area (Å²) in [6.07, 6.45) is 19.4. The number of pyridine rings is 6. The van der Waals surface area contributed by atoms with E-state index in [0.29, 0.717) is 69.3 Å². The Balaban J connectivity index is 0.000000120. The van der Waals surface area contributed by atoms with Crippen molar-refractivity contribution < 1.29 is 60.6 Å². The number of fused-ring (bicyclic) bond motifs is 18. The molecule has 2 atom stereocenters. The number of hydrogen-bond acceptors (Lipinski definition) is 22. The zero-order valence-electron chi connectivity index (χ0n) is 84.2. The fourth-order valence-electron chi connectivity index (χ4n) is 18.9. The first-order chi connectivity index (χ1) is 71.4. The number of nitrogens with two attached hydrogens (primary N) is 1. The average Bonchev–Trinajstić information content (AvgIpc) is 1.70. The van der Waals surface area contributed by atoms with Gasteiger partial charge in [-0.1, -0.05) is 164 Å². The van der Waals surface area contributed by atoms with Crippen molar-refractivity contribution in [2.45, 2.75) is 174 Å². The monoisotopic (exact) mass is 2150 g/mol. The molecule has 18 aromatic rings. The van der Waals surface area contributed by atoms with Crippen molar-refractivity contribution in [1.82, 2.24) is 116 Å². The van der Waals surface area contributed by atoms with Gasteiger partial charge in [0.25, 0.3) is 0 Å². The fourth-order valence-corrected chi connectivity index (χ4v) is 19.9. The minimum Gasteiger partial charge on any atom is -1.00 e. The third kappa shape index (κ3) is 25.0. The highest BCUT2D eigenvalue weighted by atomic mass is 79.9. The van der Waals surface area contributed by atoms with Gasteiger partial charge < -0.3 is 61.6 Å². The Hall–Kier alpha value is -14.7. The summed E-state index contributed by atoms with van der Waals surface area (Å²) in [5, 5.41) is 51.3. The minimum absolute atomic E-state index is 0. The van der Waals surface area contributed by atoms with Crippen LogP contribution in [0.25, 0.3) is 100.0 Å². The van der Waals surface area contributed by atoms with Crippen molar-refractivity contribution in [3.05, 3.63) is 314 Å². The lowest BCUT2D eigenvalue weighted by Gasteiger charge is -2.31. The lowest BCUT2D eigenvalue weighted by molar-refractivity contribution is -0.673. The first-order valence-electron chi connectivity index (χ1n) is 49.2. The van der Waals surface area contributed by atoms with Crippen molar-refractivity contribution in [2.24, 2.45) is 0 Å². The Morgan fingerprint density at radius 3 is 1.29 bits per heavy atom. The molecule has 0 fully saturated rings. The summed E-state index contributed by atoms with van der Waals surface area (Å²) in [6.45, 7) is 26.3. The molecule has 12 aromatic heterocycles. The van der Waals surface area contributed by atoms with Crippen LogP contribution in [0.2, 0.25) is 0 Å². The van der Waals surface area contributed by atoms with Gasteiger partial charge >= 0.3 is 18.3 Å². The fraction of sp³-hybridized carbons (Fsp3) is 0.306. The van der Waals surface area contributed by atoms with Gasteiger partial charge in [0, 0.05) is 116 Å². The van der Waals surface area contributed by atoms with Crippen molar-refractivity contribution in [1.29, 1.82) is 0 Å². The summed E-state index contributed by atoms with van der Waals surface area (Å²) >= 11 is 20.8. The number of nitrogens with zero attached hydrogens (tertiary/aromatic N) is 17. The van der Waals surface area contributed by atoms with Crippen LogP contribution >= 0.6 is 50.7 Å². The topological polar surface area (TPSA) is 402 Å². The number of methoxy groups -OCH3 is 1. The summed E-state index contributed by atoms with van der Waals surface area (Å²) in [7, 11) is 1.68. The van der Waals surface area contributed by atoms with Gasteiger partial charge in [-0.05, 0) is 219 Å². The van der Waals surface area contributed by atoms with Gasteiger partial charge in [-0.2, -0.15) is 30.6 Å². The van der Waals surface area contributed by atoms with Crippen LogP contribution in [0.4, 0.5) is 14.4 Å². The number of quaternary nitrogens is 1. The van der Waals surface area contributed by atoms with Crippen molar-refractivity contribution >= 4 is 146 Å². The standard InChI is InChI=1S/C23H19ClN4O.C20H22N4O2.C17H18N4O.C15H14N4.C14H17BrN4O2.C14H18N4O2.C8H6Cl2O.ClH/c24-20(15-7-3-1-4-8-15)23(29)28-12-11-18-17(14-28)13-25-22-19(18)21(26-27-22)16-9-5-2-6-10-16;1-20(2,3)26-19(25)24-10-9-15-14(12-24)11-21-18-16(15)17(22-23-18)13-7-5-4-6-8-13;1-22-14-4-2-12(3-5-14)11-21-17-16(10-20-21)15-6-7-18-8-13(15)9-19-17;1-2-4-10(5-3-1)14-13-12-6-7-16-8-11(12)9-17-15(13)19-18-14;1-14(2,3)21-13(20)19-5-4-9-8(7-19)6-16-12-10(9)11(15)17-18-12;1-14(2,3)20-13(19)18-5-4-10-9(8-18)6-15-12-11(10)7-16-17-12;9-7(8(10)11)6-4-2-1-3-5-6;/h1-10,13,20H,11-12,14H2,(H,25,26,27);4-8,11H,9-10,12H2,1-3H3,(H,21,22,23);2-5,9-10,18H,6-8,11H2,1H3;1-5,9,16H,6-8H2,(H,17,18,19);6H,4-5,7H2,1-3H3,(H,16,17,18);6-7H,4-5,8H2,1-3H3,(H,15,16,17);1-5,7H;1H. The molecule has 0 bridgehead atoms. The molecule has 2 unspecified atom stereocenters. The Morgan fingerprint density at radius 1 is 0.423 bits per heavy atom. The number of benzene rings is 6. The third-order valence-corrected chi connectivity index (χ3v) is 27.8. The van der Waals surface area contributed by atoms with Gasteiger partial charge in [-0.25, -0.2) is 49.0 Å².